The van der Waals surface area contributed by atoms with Gasteiger partial charge in [0.05, 0.1) is 6.61 Å². The summed E-state index contributed by atoms with van der Waals surface area (Å²) in [7, 11) is -4.34. The molecular weight excluding hydrogens is 215 g/mol. The van der Waals surface area contributed by atoms with E-state index in [9.17, 15) is 4.57 Å². The van der Waals surface area contributed by atoms with Gasteiger partial charge in [-0.2, -0.15) is 0 Å². The molecule has 0 aromatic rings. The predicted octanol–water partition coefficient (Wildman–Crippen LogP) is 2.09. The van der Waals surface area contributed by atoms with E-state index in [1.807, 2.05) is 13.8 Å². The summed E-state index contributed by atoms with van der Waals surface area (Å²) in [5.74, 6) is 2.67. The number of terminal acetylenes is 1. The SMILES string of the molecule is C#CC(C)(C)CCC=CCOP(=O)(O)O. The van der Waals surface area contributed by atoms with Gasteiger partial charge in [-0.15, -0.1) is 12.3 Å². The van der Waals surface area contributed by atoms with E-state index in [2.05, 4.69) is 10.4 Å². The molecule has 0 aromatic heterocycles. The van der Waals surface area contributed by atoms with Crippen LogP contribution in [0.2, 0.25) is 0 Å². The Kier molecular flexibility index (Phi) is 5.85. The number of hydrogen-bond acceptors (Lipinski definition) is 2. The number of allylic oxidation sites excluding steroid dienone is 1. The molecule has 0 saturated heterocycles. The van der Waals surface area contributed by atoms with Crippen molar-refractivity contribution in [2.75, 3.05) is 6.61 Å². The summed E-state index contributed by atoms with van der Waals surface area (Å²) < 4.78 is 14.5. The van der Waals surface area contributed by atoms with Crippen molar-refractivity contribution in [1.82, 2.24) is 0 Å². The van der Waals surface area contributed by atoms with Gasteiger partial charge in [0.15, 0.2) is 0 Å². The van der Waals surface area contributed by atoms with Crippen molar-refractivity contribution in [3.8, 4) is 12.3 Å². The van der Waals surface area contributed by atoms with E-state index >= 15 is 0 Å². The van der Waals surface area contributed by atoms with Crippen LogP contribution >= 0.6 is 7.82 Å². The van der Waals surface area contributed by atoms with Crippen LogP contribution in [0, 0.1) is 17.8 Å². The Labute approximate surface area is 90.6 Å². The third-order valence-corrected chi connectivity index (χ3v) is 2.32. The monoisotopic (exact) mass is 232 g/mol. The van der Waals surface area contributed by atoms with Crippen molar-refractivity contribution in [1.29, 1.82) is 0 Å². The number of hydrogen-bond donors (Lipinski definition) is 2. The molecule has 2 N–H and O–H groups in total. The largest absolute Gasteiger partial charge is 0.469 e. The van der Waals surface area contributed by atoms with Gasteiger partial charge >= 0.3 is 7.82 Å². The summed E-state index contributed by atoms with van der Waals surface area (Å²) in [4.78, 5) is 16.7. The van der Waals surface area contributed by atoms with Gasteiger partial charge in [0, 0.05) is 5.41 Å². The summed E-state index contributed by atoms with van der Waals surface area (Å²) in [5.41, 5.74) is -0.144. The molecule has 0 spiro atoms. The Balaban J connectivity index is 3.67. The van der Waals surface area contributed by atoms with Gasteiger partial charge in [-0.25, -0.2) is 4.57 Å². The minimum atomic E-state index is -4.34. The number of phosphoric acid groups is 1. The molecule has 0 fully saturated rings. The smallest absolute Gasteiger partial charge is 0.303 e. The fraction of sp³-hybridized carbons (Fsp3) is 0.600. The van der Waals surface area contributed by atoms with Gasteiger partial charge in [0.25, 0.3) is 0 Å². The van der Waals surface area contributed by atoms with Crippen molar-refractivity contribution in [2.24, 2.45) is 5.41 Å². The maximum Gasteiger partial charge on any atom is 0.469 e. The Morgan fingerprint density at radius 1 is 1.47 bits per heavy atom. The highest BCUT2D eigenvalue weighted by atomic mass is 31.2. The van der Waals surface area contributed by atoms with Gasteiger partial charge in [0.1, 0.15) is 0 Å². The van der Waals surface area contributed by atoms with E-state index < -0.39 is 7.82 Å². The van der Waals surface area contributed by atoms with Crippen LogP contribution in [0.15, 0.2) is 12.2 Å². The van der Waals surface area contributed by atoms with Crippen molar-refractivity contribution >= 4 is 7.82 Å². The third kappa shape index (κ3) is 9.71. The van der Waals surface area contributed by atoms with E-state index in [4.69, 9.17) is 16.2 Å². The first-order valence-electron chi connectivity index (χ1n) is 4.60. The summed E-state index contributed by atoms with van der Waals surface area (Å²) in [6.07, 6.45) is 10.3. The van der Waals surface area contributed by atoms with Crippen LogP contribution in [0.25, 0.3) is 0 Å². The fourth-order valence-corrected chi connectivity index (χ4v) is 1.12. The maximum absolute atomic E-state index is 10.3. The quantitative estimate of drug-likeness (QED) is 0.418. The Morgan fingerprint density at radius 2 is 2.07 bits per heavy atom. The first kappa shape index (κ1) is 14.4. The average molecular weight is 232 g/mol. The van der Waals surface area contributed by atoms with Crippen molar-refractivity contribution in [3.63, 3.8) is 0 Å². The van der Waals surface area contributed by atoms with Crippen LogP contribution < -0.4 is 0 Å². The van der Waals surface area contributed by atoms with Crippen LogP contribution in [0.1, 0.15) is 26.7 Å². The van der Waals surface area contributed by atoms with Gasteiger partial charge in [-0.3, -0.25) is 4.52 Å². The zero-order valence-corrected chi connectivity index (χ0v) is 9.91. The van der Waals surface area contributed by atoms with Crippen LogP contribution in [0.5, 0.6) is 0 Å². The molecule has 0 atom stereocenters. The molecule has 0 radical (unpaired) electrons. The van der Waals surface area contributed by atoms with E-state index in [0.717, 1.165) is 12.8 Å². The lowest BCUT2D eigenvalue weighted by Gasteiger charge is -2.15. The highest BCUT2D eigenvalue weighted by Crippen LogP contribution is 2.35. The predicted molar refractivity (Wildman–Crippen MR) is 59.0 cm³/mol. The molecule has 0 bridgehead atoms. The lowest BCUT2D eigenvalue weighted by Crippen LogP contribution is -2.06. The van der Waals surface area contributed by atoms with E-state index in [-0.39, 0.29) is 12.0 Å². The van der Waals surface area contributed by atoms with Crippen molar-refractivity contribution in [3.05, 3.63) is 12.2 Å². The second-order valence-corrected chi connectivity index (χ2v) is 5.06. The first-order chi connectivity index (χ1) is 6.77. The van der Waals surface area contributed by atoms with Crippen molar-refractivity contribution < 1.29 is 18.9 Å². The molecule has 0 rings (SSSR count). The molecule has 4 nitrogen and oxygen atoms in total. The molecule has 0 heterocycles. The summed E-state index contributed by atoms with van der Waals surface area (Å²) in [6.45, 7) is 3.85. The van der Waals surface area contributed by atoms with Crippen molar-refractivity contribution in [2.45, 2.75) is 26.7 Å². The van der Waals surface area contributed by atoms with Gasteiger partial charge < -0.3 is 9.79 Å². The molecule has 86 valence electrons. The molecule has 15 heavy (non-hydrogen) atoms. The van der Waals surface area contributed by atoms with Crippen LogP contribution in [-0.2, 0) is 9.09 Å². The van der Waals surface area contributed by atoms with Gasteiger partial charge in [-0.05, 0) is 26.7 Å². The first-order valence-corrected chi connectivity index (χ1v) is 6.13. The van der Waals surface area contributed by atoms with Gasteiger partial charge in [0.2, 0.25) is 0 Å². The molecule has 0 amide bonds. The summed E-state index contributed by atoms with van der Waals surface area (Å²) in [5, 5.41) is 0. The minimum Gasteiger partial charge on any atom is -0.303 e. The molecule has 5 heteroatoms. The molecule has 0 aliphatic rings. The number of phosphoric ester groups is 1. The molecule has 0 aromatic carbocycles. The van der Waals surface area contributed by atoms with E-state index in [1.54, 1.807) is 12.2 Å². The van der Waals surface area contributed by atoms with Crippen LogP contribution in [-0.4, -0.2) is 16.4 Å². The lowest BCUT2D eigenvalue weighted by molar-refractivity contribution is 0.215. The maximum atomic E-state index is 10.3. The highest BCUT2D eigenvalue weighted by Gasteiger charge is 2.12. The lowest BCUT2D eigenvalue weighted by atomic mass is 9.89. The zero-order chi connectivity index (χ0) is 11.9. The second kappa shape index (κ2) is 6.09. The van der Waals surface area contributed by atoms with Gasteiger partial charge in [-0.1, -0.05) is 12.2 Å². The Hall–Kier alpha value is -0.590. The molecular formula is C10H17O4P. The Morgan fingerprint density at radius 3 is 2.53 bits per heavy atom. The fourth-order valence-electron chi connectivity index (χ4n) is 0.842. The summed E-state index contributed by atoms with van der Waals surface area (Å²) in [6, 6.07) is 0. The normalized spacial score (nSPS) is 13.0. The standard InChI is InChI=1S/C10H17O4P/c1-4-10(2,3)8-6-5-7-9-14-15(11,12)13/h1,5,7H,6,8-9H2,2-3H3,(H2,11,12,13). The third-order valence-electron chi connectivity index (χ3n) is 1.83. The highest BCUT2D eigenvalue weighted by molar-refractivity contribution is 7.46. The van der Waals surface area contributed by atoms with Crippen LogP contribution in [0.4, 0.5) is 0 Å². The molecule has 0 unspecified atom stereocenters. The second-order valence-electron chi connectivity index (χ2n) is 3.82. The van der Waals surface area contributed by atoms with E-state index in [1.165, 1.54) is 0 Å². The number of rotatable bonds is 6. The summed E-state index contributed by atoms with van der Waals surface area (Å²) >= 11 is 0. The minimum absolute atomic E-state index is 0.0826. The van der Waals surface area contributed by atoms with Crippen LogP contribution in [0.3, 0.4) is 0 Å². The molecule has 0 aliphatic heterocycles. The molecule has 0 saturated carbocycles. The topological polar surface area (TPSA) is 66.8 Å². The van der Waals surface area contributed by atoms with E-state index in [0.29, 0.717) is 0 Å². The Bertz CT molecular complexity index is 295. The average Bonchev–Trinajstić information content (AvgIpc) is 2.09. The molecule has 0 aliphatic carbocycles. The zero-order valence-electron chi connectivity index (χ0n) is 9.01.